The standard InChI is InChI=1S/C9H16N4O2S2/c1-2-13-8(10-11-9(13)16)12-4-3-6-17(14,15)7-5-12/h2-7H2,1H3,(H,11,16). The second kappa shape index (κ2) is 4.77. The fraction of sp³-hybridized carbons (Fsp3) is 0.778. The molecule has 1 aromatic heterocycles. The summed E-state index contributed by atoms with van der Waals surface area (Å²) in [7, 11) is -2.89. The number of anilines is 1. The van der Waals surface area contributed by atoms with Crippen LogP contribution in [0.4, 0.5) is 5.95 Å². The summed E-state index contributed by atoms with van der Waals surface area (Å²) in [5.74, 6) is 1.20. The summed E-state index contributed by atoms with van der Waals surface area (Å²) in [5, 5.41) is 6.93. The molecule has 0 aromatic carbocycles. The quantitative estimate of drug-likeness (QED) is 0.800. The predicted molar refractivity (Wildman–Crippen MR) is 68.6 cm³/mol. The molecule has 0 unspecified atom stereocenters. The fourth-order valence-electron chi connectivity index (χ4n) is 1.97. The third kappa shape index (κ3) is 2.68. The molecular weight excluding hydrogens is 260 g/mol. The van der Waals surface area contributed by atoms with Gasteiger partial charge < -0.3 is 4.90 Å². The van der Waals surface area contributed by atoms with Crippen LogP contribution in [0.1, 0.15) is 13.3 Å². The minimum Gasteiger partial charge on any atom is -0.340 e. The molecule has 17 heavy (non-hydrogen) atoms. The van der Waals surface area contributed by atoms with Crippen LogP contribution in [-0.4, -0.2) is 47.8 Å². The normalized spacial score (nSPS) is 20.2. The van der Waals surface area contributed by atoms with Crippen LogP contribution in [0.2, 0.25) is 0 Å². The second-order valence-electron chi connectivity index (χ2n) is 4.07. The Balaban J connectivity index is 2.25. The van der Waals surface area contributed by atoms with Gasteiger partial charge in [0.2, 0.25) is 5.95 Å². The highest BCUT2D eigenvalue weighted by Crippen LogP contribution is 2.15. The summed E-state index contributed by atoms with van der Waals surface area (Å²) >= 11 is 5.12. The molecule has 96 valence electrons. The van der Waals surface area contributed by atoms with Crippen molar-refractivity contribution in [3.05, 3.63) is 4.77 Å². The van der Waals surface area contributed by atoms with Gasteiger partial charge in [0.05, 0.1) is 11.5 Å². The molecule has 1 N–H and O–H groups in total. The molecule has 0 saturated carbocycles. The Morgan fingerprint density at radius 3 is 2.88 bits per heavy atom. The molecule has 0 amide bonds. The summed E-state index contributed by atoms with van der Waals surface area (Å²) in [5.41, 5.74) is 0. The van der Waals surface area contributed by atoms with Crippen LogP contribution in [0, 0.1) is 4.77 Å². The zero-order valence-corrected chi connectivity index (χ0v) is 11.4. The Hall–Kier alpha value is -0.890. The first kappa shape index (κ1) is 12.6. The Morgan fingerprint density at radius 2 is 2.18 bits per heavy atom. The van der Waals surface area contributed by atoms with Crippen LogP contribution in [0.5, 0.6) is 0 Å². The number of sulfone groups is 1. The first-order valence-electron chi connectivity index (χ1n) is 5.64. The molecule has 1 aliphatic heterocycles. The zero-order valence-electron chi connectivity index (χ0n) is 9.72. The lowest BCUT2D eigenvalue weighted by atomic mass is 10.4. The Labute approximate surface area is 106 Å². The maximum Gasteiger partial charge on any atom is 0.225 e. The van der Waals surface area contributed by atoms with Gasteiger partial charge in [-0.3, -0.25) is 4.57 Å². The first-order chi connectivity index (χ1) is 8.03. The van der Waals surface area contributed by atoms with E-state index in [0.29, 0.717) is 24.3 Å². The van der Waals surface area contributed by atoms with Gasteiger partial charge in [0.25, 0.3) is 0 Å². The van der Waals surface area contributed by atoms with Crippen LogP contribution < -0.4 is 4.90 Å². The highest BCUT2D eigenvalue weighted by atomic mass is 32.2. The summed E-state index contributed by atoms with van der Waals surface area (Å²) in [6.07, 6.45) is 0.645. The van der Waals surface area contributed by atoms with Gasteiger partial charge in [-0.05, 0) is 25.6 Å². The number of hydrogen-bond acceptors (Lipinski definition) is 5. The molecule has 0 spiro atoms. The Morgan fingerprint density at radius 1 is 1.41 bits per heavy atom. The van der Waals surface area contributed by atoms with Gasteiger partial charge in [-0.2, -0.15) is 0 Å². The second-order valence-corrected chi connectivity index (χ2v) is 6.76. The van der Waals surface area contributed by atoms with Gasteiger partial charge in [0, 0.05) is 19.6 Å². The molecule has 1 aliphatic rings. The first-order valence-corrected chi connectivity index (χ1v) is 7.87. The average molecular weight is 276 g/mol. The molecule has 0 aliphatic carbocycles. The highest BCUT2D eigenvalue weighted by Gasteiger charge is 2.22. The Kier molecular flexibility index (Phi) is 3.53. The minimum absolute atomic E-state index is 0.191. The van der Waals surface area contributed by atoms with Gasteiger partial charge in [0.1, 0.15) is 0 Å². The van der Waals surface area contributed by atoms with Crippen molar-refractivity contribution in [3.63, 3.8) is 0 Å². The summed E-state index contributed by atoms with van der Waals surface area (Å²) in [6, 6.07) is 0. The SMILES string of the molecule is CCn1c(N2CCCS(=O)(=O)CC2)n[nH]c1=S. The molecule has 1 aromatic rings. The molecule has 0 bridgehead atoms. The molecule has 0 atom stereocenters. The van der Waals surface area contributed by atoms with E-state index in [-0.39, 0.29) is 11.5 Å². The van der Waals surface area contributed by atoms with E-state index >= 15 is 0 Å². The fourth-order valence-corrected chi connectivity index (χ4v) is 3.50. The van der Waals surface area contributed by atoms with Crippen LogP contribution >= 0.6 is 12.2 Å². The highest BCUT2D eigenvalue weighted by molar-refractivity contribution is 7.91. The average Bonchev–Trinajstić information content (AvgIpc) is 2.54. The van der Waals surface area contributed by atoms with E-state index in [9.17, 15) is 8.42 Å². The summed E-state index contributed by atoms with van der Waals surface area (Å²) in [6.45, 7) is 3.91. The maximum absolute atomic E-state index is 11.5. The number of hydrogen-bond donors (Lipinski definition) is 1. The van der Waals surface area contributed by atoms with Crippen molar-refractivity contribution in [2.24, 2.45) is 0 Å². The third-order valence-corrected chi connectivity index (χ3v) is 4.92. The van der Waals surface area contributed by atoms with Gasteiger partial charge in [-0.15, -0.1) is 5.10 Å². The van der Waals surface area contributed by atoms with Crippen LogP contribution in [0.3, 0.4) is 0 Å². The molecular formula is C9H16N4O2S2. The Bertz CT molecular complexity index is 546. The number of rotatable bonds is 2. The van der Waals surface area contributed by atoms with E-state index in [2.05, 4.69) is 10.2 Å². The van der Waals surface area contributed by atoms with Crippen molar-refractivity contribution in [2.45, 2.75) is 19.9 Å². The van der Waals surface area contributed by atoms with E-state index in [1.165, 1.54) is 0 Å². The molecule has 6 nitrogen and oxygen atoms in total. The topological polar surface area (TPSA) is 71.0 Å². The number of aromatic nitrogens is 3. The molecule has 1 saturated heterocycles. The van der Waals surface area contributed by atoms with Crippen molar-refractivity contribution in [2.75, 3.05) is 29.5 Å². The van der Waals surface area contributed by atoms with Gasteiger partial charge >= 0.3 is 0 Å². The maximum atomic E-state index is 11.5. The lowest BCUT2D eigenvalue weighted by Crippen LogP contribution is -2.29. The molecule has 2 rings (SSSR count). The van der Waals surface area contributed by atoms with Crippen LogP contribution in [-0.2, 0) is 16.4 Å². The third-order valence-electron chi connectivity index (χ3n) is 2.89. The largest absolute Gasteiger partial charge is 0.340 e. The number of nitrogens with zero attached hydrogens (tertiary/aromatic N) is 3. The van der Waals surface area contributed by atoms with Gasteiger partial charge in [-0.1, -0.05) is 0 Å². The monoisotopic (exact) mass is 276 g/mol. The van der Waals surface area contributed by atoms with Crippen LogP contribution in [0.25, 0.3) is 0 Å². The van der Waals surface area contributed by atoms with E-state index in [4.69, 9.17) is 12.2 Å². The van der Waals surface area contributed by atoms with E-state index < -0.39 is 9.84 Å². The number of aromatic amines is 1. The van der Waals surface area contributed by atoms with Gasteiger partial charge in [-0.25, -0.2) is 13.5 Å². The van der Waals surface area contributed by atoms with E-state index in [0.717, 1.165) is 12.5 Å². The lowest BCUT2D eigenvalue weighted by Gasteiger charge is -2.20. The summed E-state index contributed by atoms with van der Waals surface area (Å²) in [4.78, 5) is 1.99. The molecule has 0 radical (unpaired) electrons. The van der Waals surface area contributed by atoms with Crippen molar-refractivity contribution in [1.29, 1.82) is 0 Å². The minimum atomic E-state index is -2.89. The van der Waals surface area contributed by atoms with E-state index in [1.54, 1.807) is 0 Å². The molecule has 2 heterocycles. The van der Waals surface area contributed by atoms with E-state index in [1.807, 2.05) is 16.4 Å². The number of nitrogens with one attached hydrogen (secondary N) is 1. The van der Waals surface area contributed by atoms with Crippen molar-refractivity contribution in [3.8, 4) is 0 Å². The lowest BCUT2D eigenvalue weighted by molar-refractivity contribution is 0.597. The number of H-pyrrole nitrogens is 1. The molecule has 1 fully saturated rings. The predicted octanol–water partition coefficient (Wildman–Crippen LogP) is 0.585. The summed E-state index contributed by atoms with van der Waals surface area (Å²) < 4.78 is 25.5. The molecule has 8 heteroatoms. The van der Waals surface area contributed by atoms with Crippen LogP contribution in [0.15, 0.2) is 0 Å². The smallest absolute Gasteiger partial charge is 0.225 e. The zero-order chi connectivity index (χ0) is 12.5. The van der Waals surface area contributed by atoms with Crippen molar-refractivity contribution < 1.29 is 8.42 Å². The van der Waals surface area contributed by atoms with Crippen molar-refractivity contribution in [1.82, 2.24) is 14.8 Å². The van der Waals surface area contributed by atoms with Crippen molar-refractivity contribution >= 4 is 28.0 Å². The van der Waals surface area contributed by atoms with Gasteiger partial charge in [0.15, 0.2) is 14.6 Å².